The zero-order valence-electron chi connectivity index (χ0n) is 9.18. The fourth-order valence-electron chi connectivity index (χ4n) is 1.49. The van der Waals surface area contributed by atoms with Crippen LogP contribution < -0.4 is 10.5 Å². The Labute approximate surface area is 94.9 Å². The summed E-state index contributed by atoms with van der Waals surface area (Å²) in [6.45, 7) is 2.64. The van der Waals surface area contributed by atoms with E-state index in [1.807, 2.05) is 37.3 Å². The molecule has 3 nitrogen and oxygen atoms in total. The first-order valence-corrected chi connectivity index (χ1v) is 5.24. The maximum Gasteiger partial charge on any atom is 0.119 e. The maximum atomic E-state index is 5.71. The zero-order valence-corrected chi connectivity index (χ0v) is 9.18. The molecule has 3 heteroatoms. The van der Waals surface area contributed by atoms with Crippen LogP contribution in [-0.4, -0.2) is 11.6 Å². The van der Waals surface area contributed by atoms with Gasteiger partial charge in [-0.1, -0.05) is 0 Å². The van der Waals surface area contributed by atoms with Gasteiger partial charge in [-0.2, -0.15) is 0 Å². The van der Waals surface area contributed by atoms with Crippen LogP contribution in [0.5, 0.6) is 5.75 Å². The molecular weight excluding hydrogens is 200 g/mol. The third kappa shape index (κ3) is 2.31. The second-order valence-corrected chi connectivity index (χ2v) is 3.43. The van der Waals surface area contributed by atoms with Gasteiger partial charge in [-0.25, -0.2) is 0 Å². The molecule has 1 heterocycles. The molecule has 0 fully saturated rings. The summed E-state index contributed by atoms with van der Waals surface area (Å²) < 4.78 is 5.38. The Morgan fingerprint density at radius 3 is 2.56 bits per heavy atom. The molecule has 2 rings (SSSR count). The zero-order chi connectivity index (χ0) is 11.4. The van der Waals surface area contributed by atoms with Crippen molar-refractivity contribution in [2.75, 3.05) is 12.3 Å². The minimum Gasteiger partial charge on any atom is -0.494 e. The van der Waals surface area contributed by atoms with Crippen molar-refractivity contribution >= 4 is 5.69 Å². The first kappa shape index (κ1) is 10.5. The predicted octanol–water partition coefficient (Wildman–Crippen LogP) is 2.73. The molecule has 2 N–H and O–H groups in total. The molecule has 0 saturated heterocycles. The molecule has 0 aliphatic rings. The van der Waals surface area contributed by atoms with Crippen LogP contribution >= 0.6 is 0 Å². The van der Waals surface area contributed by atoms with Crippen molar-refractivity contribution in [3.8, 4) is 17.0 Å². The molecule has 0 radical (unpaired) electrons. The molecule has 16 heavy (non-hydrogen) atoms. The molecule has 1 aromatic heterocycles. The quantitative estimate of drug-likeness (QED) is 0.854. The average molecular weight is 214 g/mol. The Balaban J connectivity index is 2.27. The van der Waals surface area contributed by atoms with E-state index in [2.05, 4.69) is 4.98 Å². The molecule has 0 bridgehead atoms. The van der Waals surface area contributed by atoms with Crippen molar-refractivity contribution in [1.82, 2.24) is 4.98 Å². The largest absolute Gasteiger partial charge is 0.494 e. The average Bonchev–Trinajstić information content (AvgIpc) is 2.30. The number of aromatic nitrogens is 1. The van der Waals surface area contributed by atoms with Crippen LogP contribution in [0, 0.1) is 0 Å². The van der Waals surface area contributed by atoms with E-state index in [4.69, 9.17) is 10.5 Å². The molecule has 0 atom stereocenters. The molecule has 0 unspecified atom stereocenters. The van der Waals surface area contributed by atoms with Crippen LogP contribution in [0.1, 0.15) is 6.92 Å². The predicted molar refractivity (Wildman–Crippen MR) is 65.3 cm³/mol. The highest BCUT2D eigenvalue weighted by atomic mass is 16.5. The first-order chi connectivity index (χ1) is 7.79. The summed E-state index contributed by atoms with van der Waals surface area (Å²) in [5.74, 6) is 0.871. The van der Waals surface area contributed by atoms with Crippen LogP contribution in [0.2, 0.25) is 0 Å². The number of benzene rings is 1. The first-order valence-electron chi connectivity index (χ1n) is 5.24. The normalized spacial score (nSPS) is 10.1. The van der Waals surface area contributed by atoms with E-state index in [9.17, 15) is 0 Å². The number of nitrogens with two attached hydrogens (primary N) is 1. The number of pyridine rings is 1. The molecule has 0 amide bonds. The van der Waals surface area contributed by atoms with Gasteiger partial charge in [0.15, 0.2) is 0 Å². The second-order valence-electron chi connectivity index (χ2n) is 3.43. The van der Waals surface area contributed by atoms with Gasteiger partial charge in [-0.15, -0.1) is 0 Å². The Bertz CT molecular complexity index is 466. The van der Waals surface area contributed by atoms with Gasteiger partial charge in [-0.3, -0.25) is 4.98 Å². The molecule has 82 valence electrons. The van der Waals surface area contributed by atoms with E-state index in [0.717, 1.165) is 22.7 Å². The number of rotatable bonds is 3. The number of ether oxygens (including phenoxy) is 1. The summed E-state index contributed by atoms with van der Waals surface area (Å²) in [5, 5.41) is 0. The Morgan fingerprint density at radius 1 is 1.19 bits per heavy atom. The Kier molecular flexibility index (Phi) is 3.05. The highest BCUT2D eigenvalue weighted by molar-refractivity contribution is 5.63. The van der Waals surface area contributed by atoms with Crippen LogP contribution in [0.15, 0.2) is 42.6 Å². The monoisotopic (exact) mass is 214 g/mol. The van der Waals surface area contributed by atoms with Gasteiger partial charge in [0.05, 0.1) is 12.3 Å². The van der Waals surface area contributed by atoms with E-state index in [-0.39, 0.29) is 0 Å². The van der Waals surface area contributed by atoms with Gasteiger partial charge in [0, 0.05) is 17.4 Å². The molecule has 2 aromatic rings. The van der Waals surface area contributed by atoms with Gasteiger partial charge in [-0.05, 0) is 43.3 Å². The summed E-state index contributed by atoms with van der Waals surface area (Å²) in [6.07, 6.45) is 1.71. The highest BCUT2D eigenvalue weighted by Crippen LogP contribution is 2.21. The van der Waals surface area contributed by atoms with Gasteiger partial charge in [0.2, 0.25) is 0 Å². The molecule has 0 spiro atoms. The van der Waals surface area contributed by atoms with Crippen LogP contribution in [-0.2, 0) is 0 Å². The topological polar surface area (TPSA) is 48.1 Å². The van der Waals surface area contributed by atoms with Crippen molar-refractivity contribution < 1.29 is 4.74 Å². The second kappa shape index (κ2) is 4.66. The summed E-state index contributed by atoms with van der Waals surface area (Å²) in [6, 6.07) is 11.5. The Hall–Kier alpha value is -2.03. The minimum absolute atomic E-state index is 0.676. The van der Waals surface area contributed by atoms with E-state index < -0.39 is 0 Å². The van der Waals surface area contributed by atoms with Crippen molar-refractivity contribution in [2.45, 2.75) is 6.92 Å². The number of hydrogen-bond acceptors (Lipinski definition) is 3. The van der Waals surface area contributed by atoms with E-state index >= 15 is 0 Å². The lowest BCUT2D eigenvalue weighted by atomic mass is 10.1. The molecule has 0 aliphatic carbocycles. The maximum absolute atomic E-state index is 5.71. The lowest BCUT2D eigenvalue weighted by Crippen LogP contribution is -1.91. The minimum atomic E-state index is 0.676. The number of nitrogens with zero attached hydrogens (tertiary/aromatic N) is 1. The molecular formula is C13H14N2O. The smallest absolute Gasteiger partial charge is 0.119 e. The third-order valence-electron chi connectivity index (χ3n) is 2.25. The van der Waals surface area contributed by atoms with Crippen molar-refractivity contribution in [3.05, 3.63) is 42.6 Å². The van der Waals surface area contributed by atoms with E-state index in [1.54, 1.807) is 12.3 Å². The standard InChI is InChI=1S/C13H14N2O/c1-2-16-12-5-3-10(4-6-12)13-9-11(14)7-8-15-13/h3-9H,2H2,1H3,(H2,14,15). The van der Waals surface area contributed by atoms with Crippen molar-refractivity contribution in [1.29, 1.82) is 0 Å². The van der Waals surface area contributed by atoms with Crippen LogP contribution in [0.3, 0.4) is 0 Å². The van der Waals surface area contributed by atoms with Crippen LogP contribution in [0.4, 0.5) is 5.69 Å². The van der Waals surface area contributed by atoms with Gasteiger partial charge >= 0.3 is 0 Å². The third-order valence-corrected chi connectivity index (χ3v) is 2.25. The molecule has 0 saturated carbocycles. The van der Waals surface area contributed by atoms with Gasteiger partial charge in [0.25, 0.3) is 0 Å². The Morgan fingerprint density at radius 2 is 1.94 bits per heavy atom. The van der Waals surface area contributed by atoms with E-state index in [1.165, 1.54) is 0 Å². The van der Waals surface area contributed by atoms with Gasteiger partial charge in [0.1, 0.15) is 5.75 Å². The molecule has 0 aliphatic heterocycles. The number of anilines is 1. The van der Waals surface area contributed by atoms with E-state index in [0.29, 0.717) is 6.61 Å². The fraction of sp³-hybridized carbons (Fsp3) is 0.154. The summed E-state index contributed by atoms with van der Waals surface area (Å²) >= 11 is 0. The lowest BCUT2D eigenvalue weighted by molar-refractivity contribution is 0.340. The lowest BCUT2D eigenvalue weighted by Gasteiger charge is -2.05. The van der Waals surface area contributed by atoms with Gasteiger partial charge < -0.3 is 10.5 Å². The fourth-order valence-corrected chi connectivity index (χ4v) is 1.49. The van der Waals surface area contributed by atoms with Crippen LogP contribution in [0.25, 0.3) is 11.3 Å². The summed E-state index contributed by atoms with van der Waals surface area (Å²) in [7, 11) is 0. The molecule has 1 aromatic carbocycles. The summed E-state index contributed by atoms with van der Waals surface area (Å²) in [4.78, 5) is 4.26. The number of hydrogen-bond donors (Lipinski definition) is 1. The van der Waals surface area contributed by atoms with Crippen molar-refractivity contribution in [3.63, 3.8) is 0 Å². The SMILES string of the molecule is CCOc1ccc(-c2cc(N)ccn2)cc1. The van der Waals surface area contributed by atoms with Crippen molar-refractivity contribution in [2.24, 2.45) is 0 Å². The summed E-state index contributed by atoms with van der Waals surface area (Å²) in [5.41, 5.74) is 8.35. The number of nitrogen functional groups attached to an aromatic ring is 1. The highest BCUT2D eigenvalue weighted by Gasteiger charge is 1.99.